The summed E-state index contributed by atoms with van der Waals surface area (Å²) < 4.78 is 0. The summed E-state index contributed by atoms with van der Waals surface area (Å²) in [6, 6.07) is 10.5. The second-order valence-corrected chi connectivity index (χ2v) is 3.16. The van der Waals surface area contributed by atoms with E-state index in [1.165, 1.54) is 5.56 Å². The van der Waals surface area contributed by atoms with E-state index in [9.17, 15) is 0 Å². The Morgan fingerprint density at radius 1 is 1.13 bits per heavy atom. The van der Waals surface area contributed by atoms with Crippen LogP contribution in [0.5, 0.6) is 0 Å². The number of allylic oxidation sites excluding steroid dienone is 2. The van der Waals surface area contributed by atoms with Crippen molar-refractivity contribution in [1.82, 2.24) is 0 Å². The first-order valence-electron chi connectivity index (χ1n) is 5.07. The third-order valence-electron chi connectivity index (χ3n) is 1.98. The van der Waals surface area contributed by atoms with Crippen molar-refractivity contribution in [3.8, 4) is 24.2 Å². The Bertz CT molecular complexity index is 393. The Hall–Kier alpha value is -1.92. The third-order valence-corrected chi connectivity index (χ3v) is 1.98. The molecule has 0 aliphatic heterocycles. The minimum absolute atomic E-state index is 0.920. The van der Waals surface area contributed by atoms with Crippen LogP contribution < -0.4 is 0 Å². The molecule has 0 N–H and O–H groups in total. The van der Waals surface area contributed by atoms with Crippen molar-refractivity contribution >= 4 is 0 Å². The fraction of sp³-hybridized carbons (Fsp3) is 0.200. The highest BCUT2D eigenvalue weighted by Crippen LogP contribution is 2.03. The van der Waals surface area contributed by atoms with Crippen molar-refractivity contribution in [3.63, 3.8) is 0 Å². The number of benzene rings is 1. The number of hydrogen-bond donors (Lipinski definition) is 0. The topological polar surface area (TPSA) is 0 Å². The molecule has 0 fully saturated rings. The number of terminal acetylenes is 1. The molecule has 0 aliphatic carbocycles. The number of rotatable bonds is 3. The molecule has 0 bridgehead atoms. The predicted octanol–water partition coefficient (Wildman–Crippen LogP) is 3.20. The quantitative estimate of drug-likeness (QED) is 0.512. The zero-order chi connectivity index (χ0) is 10.8. The number of hydrogen-bond acceptors (Lipinski definition) is 0. The number of aryl methyl sites for hydroxylation is 1. The number of unbranched alkanes of at least 4 members (excludes halogenated alkanes) is 1. The summed E-state index contributed by atoms with van der Waals surface area (Å²) in [6.45, 7) is 0. The predicted molar refractivity (Wildman–Crippen MR) is 65.1 cm³/mol. The van der Waals surface area contributed by atoms with Gasteiger partial charge in [-0.1, -0.05) is 48.1 Å². The fourth-order valence-corrected chi connectivity index (χ4v) is 1.25. The standard InChI is InChI=1S/C15H14/c1-2-3-4-5-6-7-9-12-15-13-10-8-11-14-15/h1,3-4,8,10-11,13-14H,7,9,12H2/b4-3-. The van der Waals surface area contributed by atoms with E-state index >= 15 is 0 Å². The molecule has 0 saturated carbocycles. The van der Waals surface area contributed by atoms with E-state index in [4.69, 9.17) is 6.42 Å². The first-order chi connectivity index (χ1) is 7.43. The van der Waals surface area contributed by atoms with Gasteiger partial charge in [0.2, 0.25) is 0 Å². The van der Waals surface area contributed by atoms with E-state index < -0.39 is 0 Å². The Morgan fingerprint density at radius 2 is 1.93 bits per heavy atom. The second-order valence-electron chi connectivity index (χ2n) is 3.16. The molecule has 0 radical (unpaired) electrons. The van der Waals surface area contributed by atoms with Crippen LogP contribution in [-0.4, -0.2) is 0 Å². The largest absolute Gasteiger partial charge is 0.115 e. The first kappa shape index (κ1) is 11.2. The first-order valence-corrected chi connectivity index (χ1v) is 5.07. The molecule has 0 spiro atoms. The lowest BCUT2D eigenvalue weighted by Gasteiger charge is -1.96. The Balaban J connectivity index is 2.20. The van der Waals surface area contributed by atoms with Crippen LogP contribution in [-0.2, 0) is 6.42 Å². The zero-order valence-electron chi connectivity index (χ0n) is 8.74. The monoisotopic (exact) mass is 194 g/mol. The van der Waals surface area contributed by atoms with E-state index in [0.29, 0.717) is 0 Å². The van der Waals surface area contributed by atoms with Gasteiger partial charge in [-0.15, -0.1) is 6.42 Å². The maximum absolute atomic E-state index is 5.04. The van der Waals surface area contributed by atoms with Crippen LogP contribution >= 0.6 is 0 Å². The van der Waals surface area contributed by atoms with Gasteiger partial charge in [0, 0.05) is 6.42 Å². The van der Waals surface area contributed by atoms with E-state index in [1.54, 1.807) is 12.2 Å². The van der Waals surface area contributed by atoms with Gasteiger partial charge in [0.15, 0.2) is 0 Å². The van der Waals surface area contributed by atoms with Crippen LogP contribution in [0.15, 0.2) is 42.5 Å². The molecule has 0 aliphatic rings. The van der Waals surface area contributed by atoms with Crippen LogP contribution in [0.25, 0.3) is 0 Å². The van der Waals surface area contributed by atoms with Gasteiger partial charge in [-0.25, -0.2) is 0 Å². The van der Waals surface area contributed by atoms with Gasteiger partial charge < -0.3 is 0 Å². The zero-order valence-corrected chi connectivity index (χ0v) is 8.74. The van der Waals surface area contributed by atoms with Crippen molar-refractivity contribution in [2.24, 2.45) is 0 Å². The van der Waals surface area contributed by atoms with Gasteiger partial charge in [0.1, 0.15) is 0 Å². The van der Waals surface area contributed by atoms with E-state index in [1.807, 2.05) is 6.07 Å². The molecule has 0 nitrogen and oxygen atoms in total. The van der Waals surface area contributed by atoms with Gasteiger partial charge in [0.05, 0.1) is 0 Å². The van der Waals surface area contributed by atoms with Gasteiger partial charge in [-0.3, -0.25) is 0 Å². The highest BCUT2D eigenvalue weighted by atomic mass is 13.9. The summed E-state index contributed by atoms with van der Waals surface area (Å²) in [5.41, 5.74) is 1.37. The molecule has 0 unspecified atom stereocenters. The lowest BCUT2D eigenvalue weighted by Crippen LogP contribution is -1.82. The molecule has 0 aromatic heterocycles. The van der Waals surface area contributed by atoms with Crippen LogP contribution in [0.1, 0.15) is 18.4 Å². The van der Waals surface area contributed by atoms with Crippen LogP contribution in [0, 0.1) is 24.2 Å². The molecular weight excluding hydrogens is 180 g/mol. The van der Waals surface area contributed by atoms with Crippen molar-refractivity contribution in [3.05, 3.63) is 48.0 Å². The highest BCUT2D eigenvalue weighted by molar-refractivity contribution is 5.22. The molecule has 1 aromatic rings. The lowest BCUT2D eigenvalue weighted by atomic mass is 10.1. The molecule has 0 heterocycles. The normalized spacial score (nSPS) is 9.27. The minimum atomic E-state index is 0.920. The van der Waals surface area contributed by atoms with E-state index in [0.717, 1.165) is 19.3 Å². The SMILES string of the molecule is C#C/C=C\C#CCCCc1ccccc1. The molecular formula is C15H14. The Kier molecular flexibility index (Phi) is 5.56. The van der Waals surface area contributed by atoms with E-state index in [2.05, 4.69) is 42.0 Å². The highest BCUT2D eigenvalue weighted by Gasteiger charge is 1.88. The minimum Gasteiger partial charge on any atom is -0.115 e. The summed E-state index contributed by atoms with van der Waals surface area (Å²) >= 11 is 0. The molecule has 0 saturated heterocycles. The molecule has 0 atom stereocenters. The maximum Gasteiger partial charge on any atom is 0.00954 e. The van der Waals surface area contributed by atoms with Crippen LogP contribution in [0.3, 0.4) is 0 Å². The van der Waals surface area contributed by atoms with Crippen molar-refractivity contribution < 1.29 is 0 Å². The second kappa shape index (κ2) is 7.48. The third kappa shape index (κ3) is 5.40. The van der Waals surface area contributed by atoms with Crippen LogP contribution in [0.4, 0.5) is 0 Å². The molecule has 0 amide bonds. The summed E-state index contributed by atoms with van der Waals surface area (Å²) in [5.74, 6) is 8.36. The van der Waals surface area contributed by atoms with E-state index in [-0.39, 0.29) is 0 Å². The summed E-state index contributed by atoms with van der Waals surface area (Å²) in [5, 5.41) is 0. The van der Waals surface area contributed by atoms with Gasteiger partial charge in [0.25, 0.3) is 0 Å². The van der Waals surface area contributed by atoms with Crippen molar-refractivity contribution in [2.75, 3.05) is 0 Å². The smallest absolute Gasteiger partial charge is 0.00954 e. The Morgan fingerprint density at radius 3 is 2.67 bits per heavy atom. The lowest BCUT2D eigenvalue weighted by molar-refractivity contribution is 0.858. The average molecular weight is 194 g/mol. The van der Waals surface area contributed by atoms with Gasteiger partial charge >= 0.3 is 0 Å². The molecule has 1 aromatic carbocycles. The van der Waals surface area contributed by atoms with Gasteiger partial charge in [-0.2, -0.15) is 0 Å². The summed E-state index contributed by atoms with van der Waals surface area (Å²) in [4.78, 5) is 0. The van der Waals surface area contributed by atoms with Crippen LogP contribution in [0.2, 0.25) is 0 Å². The molecule has 15 heavy (non-hydrogen) atoms. The summed E-state index contributed by atoms with van der Waals surface area (Å²) in [6.07, 6.45) is 11.5. The molecule has 0 heteroatoms. The average Bonchev–Trinajstić information content (AvgIpc) is 2.29. The van der Waals surface area contributed by atoms with Crippen molar-refractivity contribution in [1.29, 1.82) is 0 Å². The Labute approximate surface area is 92.0 Å². The fourth-order valence-electron chi connectivity index (χ4n) is 1.25. The maximum atomic E-state index is 5.04. The van der Waals surface area contributed by atoms with Gasteiger partial charge in [-0.05, 0) is 30.6 Å². The molecule has 1 rings (SSSR count). The summed E-state index contributed by atoms with van der Waals surface area (Å²) in [7, 11) is 0. The van der Waals surface area contributed by atoms with Crippen molar-refractivity contribution in [2.45, 2.75) is 19.3 Å². The molecule has 74 valence electrons.